The molecule has 2 rings (SSSR count). The summed E-state index contributed by atoms with van der Waals surface area (Å²) in [5.41, 5.74) is 18.8. The lowest BCUT2D eigenvalue weighted by molar-refractivity contribution is 0.627. The third-order valence-electron chi connectivity index (χ3n) is 2.96. The molecule has 0 aliphatic heterocycles. The number of nitrogens with zero attached hydrogens (tertiary/aromatic N) is 2. The SMILES string of the molecule is NC(N)=NC(N)=NCCC1=CCc2cc(Cl)c(F)cc21. The van der Waals surface area contributed by atoms with Gasteiger partial charge in [0.1, 0.15) is 5.82 Å². The van der Waals surface area contributed by atoms with Crippen molar-refractivity contribution < 1.29 is 4.39 Å². The van der Waals surface area contributed by atoms with Gasteiger partial charge in [-0.15, -0.1) is 0 Å². The summed E-state index contributed by atoms with van der Waals surface area (Å²) in [4.78, 5) is 7.64. The van der Waals surface area contributed by atoms with Gasteiger partial charge in [0.2, 0.25) is 5.96 Å². The van der Waals surface area contributed by atoms with Gasteiger partial charge in [-0.25, -0.2) is 4.39 Å². The molecule has 0 amide bonds. The molecule has 0 aromatic heterocycles. The minimum atomic E-state index is -0.415. The molecule has 6 N–H and O–H groups in total. The first-order valence-electron chi connectivity index (χ1n) is 6.04. The lowest BCUT2D eigenvalue weighted by atomic mass is 10.0. The standard InChI is InChI=1S/C13H15ClFN5/c14-10-5-8-2-1-7(9(8)6-11(10)15)3-4-19-13(18)20-12(16)17/h1,5-6H,2-4H2,(H6,16,17,18,19,20). The summed E-state index contributed by atoms with van der Waals surface area (Å²) in [5, 5.41) is 0.147. The van der Waals surface area contributed by atoms with Gasteiger partial charge in [-0.2, -0.15) is 4.99 Å². The maximum Gasteiger partial charge on any atom is 0.218 e. The van der Waals surface area contributed by atoms with E-state index < -0.39 is 5.82 Å². The van der Waals surface area contributed by atoms with Crippen molar-refractivity contribution in [1.29, 1.82) is 0 Å². The fourth-order valence-corrected chi connectivity index (χ4v) is 2.28. The van der Waals surface area contributed by atoms with Crippen molar-refractivity contribution in [3.63, 3.8) is 0 Å². The third-order valence-corrected chi connectivity index (χ3v) is 3.25. The number of hydrogen-bond acceptors (Lipinski definition) is 1. The van der Waals surface area contributed by atoms with Gasteiger partial charge in [-0.3, -0.25) is 4.99 Å². The van der Waals surface area contributed by atoms with Crippen LogP contribution in [0.2, 0.25) is 5.02 Å². The molecule has 0 radical (unpaired) electrons. The summed E-state index contributed by atoms with van der Waals surface area (Å²) in [6, 6.07) is 3.12. The fraction of sp³-hybridized carbons (Fsp3) is 0.231. The number of benzene rings is 1. The molecule has 1 aromatic carbocycles. The van der Waals surface area contributed by atoms with Crippen molar-refractivity contribution in [2.45, 2.75) is 12.8 Å². The minimum Gasteiger partial charge on any atom is -0.370 e. The number of aliphatic imine (C=N–C) groups is 2. The van der Waals surface area contributed by atoms with Gasteiger partial charge in [0.05, 0.1) is 5.02 Å². The molecule has 0 bridgehead atoms. The molecule has 0 spiro atoms. The second-order valence-electron chi connectivity index (χ2n) is 4.38. The molecule has 1 aliphatic rings. The smallest absolute Gasteiger partial charge is 0.218 e. The summed E-state index contributed by atoms with van der Waals surface area (Å²) in [5.74, 6) is -0.513. The van der Waals surface area contributed by atoms with Crippen LogP contribution in [0.3, 0.4) is 0 Å². The zero-order valence-corrected chi connectivity index (χ0v) is 11.5. The van der Waals surface area contributed by atoms with Gasteiger partial charge < -0.3 is 17.2 Å². The first kappa shape index (κ1) is 14.3. The first-order chi connectivity index (χ1) is 9.47. The highest BCUT2D eigenvalue weighted by molar-refractivity contribution is 6.30. The monoisotopic (exact) mass is 295 g/mol. The maximum atomic E-state index is 13.5. The Balaban J connectivity index is 2.05. The lowest BCUT2D eigenvalue weighted by Gasteiger charge is -2.06. The number of nitrogens with two attached hydrogens (primary N) is 3. The van der Waals surface area contributed by atoms with Crippen molar-refractivity contribution in [2.24, 2.45) is 27.2 Å². The summed E-state index contributed by atoms with van der Waals surface area (Å²) < 4.78 is 13.5. The van der Waals surface area contributed by atoms with Crippen LogP contribution in [0.25, 0.3) is 5.57 Å². The van der Waals surface area contributed by atoms with E-state index in [1.165, 1.54) is 6.07 Å². The largest absolute Gasteiger partial charge is 0.370 e. The van der Waals surface area contributed by atoms with Crippen molar-refractivity contribution in [2.75, 3.05) is 6.54 Å². The van der Waals surface area contributed by atoms with Crippen LogP contribution in [0, 0.1) is 5.82 Å². The number of rotatable bonds is 3. The zero-order chi connectivity index (χ0) is 14.7. The summed E-state index contributed by atoms with van der Waals surface area (Å²) in [6.45, 7) is 0.429. The molecule has 106 valence electrons. The Morgan fingerprint density at radius 2 is 2.05 bits per heavy atom. The third kappa shape index (κ3) is 3.27. The van der Waals surface area contributed by atoms with Gasteiger partial charge in [0.25, 0.3) is 0 Å². The molecule has 7 heteroatoms. The Labute approximate surface area is 121 Å². The summed E-state index contributed by atoms with van der Waals surface area (Å²) >= 11 is 5.76. The number of allylic oxidation sites excluding steroid dienone is 1. The highest BCUT2D eigenvalue weighted by Gasteiger charge is 2.16. The van der Waals surface area contributed by atoms with Crippen LogP contribution in [0.1, 0.15) is 17.5 Å². The predicted octanol–water partition coefficient (Wildman–Crippen LogP) is 1.40. The summed E-state index contributed by atoms with van der Waals surface area (Å²) in [6.07, 6.45) is 3.42. The Bertz CT molecular complexity index is 617. The van der Waals surface area contributed by atoms with E-state index in [0.29, 0.717) is 13.0 Å². The Morgan fingerprint density at radius 1 is 1.30 bits per heavy atom. The van der Waals surface area contributed by atoms with E-state index in [1.54, 1.807) is 6.07 Å². The van der Waals surface area contributed by atoms with Gasteiger partial charge in [0.15, 0.2) is 5.96 Å². The van der Waals surface area contributed by atoms with Crippen LogP contribution in [-0.2, 0) is 6.42 Å². The Hall–Kier alpha value is -2.08. The normalized spacial score (nSPS) is 13.9. The molecular formula is C13H15ClFN5. The molecule has 0 saturated heterocycles. The van der Waals surface area contributed by atoms with Crippen LogP contribution in [-0.4, -0.2) is 18.5 Å². The first-order valence-corrected chi connectivity index (χ1v) is 6.42. The second-order valence-corrected chi connectivity index (χ2v) is 4.79. The van der Waals surface area contributed by atoms with Crippen LogP contribution in [0.5, 0.6) is 0 Å². The van der Waals surface area contributed by atoms with E-state index in [9.17, 15) is 4.39 Å². The number of guanidine groups is 2. The van der Waals surface area contributed by atoms with E-state index in [0.717, 1.165) is 23.1 Å². The van der Waals surface area contributed by atoms with Crippen LogP contribution in [0.15, 0.2) is 28.2 Å². The van der Waals surface area contributed by atoms with E-state index in [-0.39, 0.29) is 16.9 Å². The van der Waals surface area contributed by atoms with Gasteiger partial charge >= 0.3 is 0 Å². The van der Waals surface area contributed by atoms with E-state index in [2.05, 4.69) is 9.98 Å². The fourth-order valence-electron chi connectivity index (χ4n) is 2.09. The van der Waals surface area contributed by atoms with Gasteiger partial charge in [0, 0.05) is 6.54 Å². The van der Waals surface area contributed by atoms with Gasteiger partial charge in [-0.05, 0) is 41.7 Å². The highest BCUT2D eigenvalue weighted by atomic mass is 35.5. The molecule has 0 unspecified atom stereocenters. The maximum absolute atomic E-state index is 13.5. The minimum absolute atomic E-state index is 0.0334. The molecular weight excluding hydrogens is 281 g/mol. The molecule has 0 heterocycles. The Morgan fingerprint density at radius 3 is 2.75 bits per heavy atom. The van der Waals surface area contributed by atoms with Crippen molar-refractivity contribution in [3.05, 3.63) is 40.2 Å². The topological polar surface area (TPSA) is 103 Å². The zero-order valence-electron chi connectivity index (χ0n) is 10.7. The molecule has 1 aromatic rings. The predicted molar refractivity (Wildman–Crippen MR) is 80.0 cm³/mol. The van der Waals surface area contributed by atoms with E-state index in [4.69, 9.17) is 28.8 Å². The van der Waals surface area contributed by atoms with E-state index in [1.807, 2.05) is 6.08 Å². The van der Waals surface area contributed by atoms with Crippen LogP contribution >= 0.6 is 11.6 Å². The summed E-state index contributed by atoms with van der Waals surface area (Å²) in [7, 11) is 0. The van der Waals surface area contributed by atoms with Gasteiger partial charge in [-0.1, -0.05) is 17.7 Å². The van der Waals surface area contributed by atoms with Crippen molar-refractivity contribution >= 4 is 29.1 Å². The highest BCUT2D eigenvalue weighted by Crippen LogP contribution is 2.33. The van der Waals surface area contributed by atoms with E-state index >= 15 is 0 Å². The average Bonchev–Trinajstić information content (AvgIpc) is 2.72. The Kier molecular flexibility index (Phi) is 4.24. The molecule has 20 heavy (non-hydrogen) atoms. The molecule has 0 atom stereocenters. The van der Waals surface area contributed by atoms with Crippen molar-refractivity contribution in [1.82, 2.24) is 0 Å². The quantitative estimate of drug-likeness (QED) is 0.580. The van der Waals surface area contributed by atoms with Crippen LogP contribution in [0.4, 0.5) is 4.39 Å². The number of fused-ring (bicyclic) bond motifs is 1. The van der Waals surface area contributed by atoms with Crippen LogP contribution < -0.4 is 17.2 Å². The number of halogens is 2. The second kappa shape index (κ2) is 5.92. The average molecular weight is 296 g/mol. The van der Waals surface area contributed by atoms with Crippen molar-refractivity contribution in [3.8, 4) is 0 Å². The number of hydrogen-bond donors (Lipinski definition) is 3. The lowest BCUT2D eigenvalue weighted by Crippen LogP contribution is -2.26. The molecule has 1 aliphatic carbocycles. The molecule has 0 saturated carbocycles. The molecule has 0 fully saturated rings. The molecule has 5 nitrogen and oxygen atoms in total.